The summed E-state index contributed by atoms with van der Waals surface area (Å²) in [5.41, 5.74) is 9.12. The maximum Gasteiger partial charge on any atom is 0.573 e. The normalized spacial score (nSPS) is 24.0. The number of alkyl halides is 3. The van der Waals surface area contributed by atoms with Crippen molar-refractivity contribution in [3.8, 4) is 5.75 Å². The minimum absolute atomic E-state index is 0.187. The van der Waals surface area contributed by atoms with Crippen LogP contribution in [0.25, 0.3) is 0 Å². The zero-order chi connectivity index (χ0) is 18.3. The number of ether oxygens (including phenoxy) is 1. The second kappa shape index (κ2) is 6.23. The van der Waals surface area contributed by atoms with Crippen LogP contribution in [0.1, 0.15) is 17.0 Å². The fourth-order valence-corrected chi connectivity index (χ4v) is 3.89. The molecule has 1 saturated carbocycles. The summed E-state index contributed by atoms with van der Waals surface area (Å²) < 4.78 is 40.7. The van der Waals surface area contributed by atoms with Crippen LogP contribution in [0, 0.1) is 11.8 Å². The highest BCUT2D eigenvalue weighted by Gasteiger charge is 2.54. The third kappa shape index (κ3) is 3.47. The third-order valence-corrected chi connectivity index (χ3v) is 5.01. The quantitative estimate of drug-likeness (QED) is 0.641. The molecule has 26 heavy (non-hydrogen) atoms. The Hall–Kier alpha value is -2.70. The summed E-state index contributed by atoms with van der Waals surface area (Å²) in [6.07, 6.45) is -3.64. The van der Waals surface area contributed by atoms with Crippen molar-refractivity contribution in [2.75, 3.05) is 11.9 Å². The zero-order valence-corrected chi connectivity index (χ0v) is 13.8. The maximum absolute atomic E-state index is 12.3. The number of nitrogens with one attached hydrogen (secondary N) is 1. The molecular formula is C19H18F3N3O. The molecule has 0 aromatic heterocycles. The lowest BCUT2D eigenvalue weighted by Gasteiger charge is -2.11. The topological polar surface area (TPSA) is 59.6 Å². The molecule has 2 aromatic carbocycles. The Balaban J connectivity index is 1.35. The Morgan fingerprint density at radius 3 is 2.81 bits per heavy atom. The van der Waals surface area contributed by atoms with Gasteiger partial charge >= 0.3 is 6.36 Å². The summed E-state index contributed by atoms with van der Waals surface area (Å²) in [5, 5.41) is 2.82. The number of aliphatic imine (C=N–C) groups is 1. The van der Waals surface area contributed by atoms with Gasteiger partial charge in [0.25, 0.3) is 0 Å². The molecule has 2 aliphatic carbocycles. The molecule has 0 spiro atoms. The molecule has 0 saturated heterocycles. The van der Waals surface area contributed by atoms with Crippen LogP contribution in [0.15, 0.2) is 53.5 Å². The molecule has 4 rings (SSSR count). The number of hydrogen-bond acceptors (Lipinski definition) is 2. The number of hydrogen-bond donors (Lipinski definition) is 2. The van der Waals surface area contributed by atoms with Gasteiger partial charge in [0.05, 0.1) is 0 Å². The number of nitrogens with zero attached hydrogens (tertiary/aromatic N) is 1. The molecule has 4 nitrogen and oxygen atoms in total. The molecule has 3 atom stereocenters. The molecule has 0 radical (unpaired) electrons. The van der Waals surface area contributed by atoms with Crippen molar-refractivity contribution in [1.82, 2.24) is 0 Å². The van der Waals surface area contributed by atoms with Crippen LogP contribution in [0.5, 0.6) is 5.75 Å². The van der Waals surface area contributed by atoms with E-state index in [1.165, 1.54) is 29.3 Å². The highest BCUT2D eigenvalue weighted by Crippen LogP contribution is 2.61. The van der Waals surface area contributed by atoms with Crippen molar-refractivity contribution in [2.45, 2.75) is 18.7 Å². The van der Waals surface area contributed by atoms with E-state index in [1.807, 2.05) is 0 Å². The van der Waals surface area contributed by atoms with E-state index in [1.54, 1.807) is 6.07 Å². The van der Waals surface area contributed by atoms with Crippen molar-refractivity contribution >= 4 is 11.6 Å². The van der Waals surface area contributed by atoms with Gasteiger partial charge in [-0.05, 0) is 47.4 Å². The lowest BCUT2D eigenvalue weighted by atomic mass is 10.0. The van der Waals surface area contributed by atoms with Crippen LogP contribution in [-0.4, -0.2) is 18.9 Å². The average molecular weight is 361 g/mol. The summed E-state index contributed by atoms with van der Waals surface area (Å²) in [6, 6.07) is 14.0. The molecule has 1 fully saturated rings. The van der Waals surface area contributed by atoms with Crippen LogP contribution in [0.3, 0.4) is 0 Å². The largest absolute Gasteiger partial charge is 0.573 e. The number of nitrogens with two attached hydrogens (primary N) is 1. The first kappa shape index (κ1) is 16.8. The van der Waals surface area contributed by atoms with E-state index in [2.05, 4.69) is 39.3 Å². The van der Waals surface area contributed by atoms with E-state index >= 15 is 0 Å². The monoisotopic (exact) mass is 361 g/mol. The van der Waals surface area contributed by atoms with Crippen molar-refractivity contribution in [1.29, 1.82) is 0 Å². The number of fused-ring (bicyclic) bond motifs is 3. The SMILES string of the molecule is NC(=NCC1C2Cc3ccccc3C12)Nc1cccc(OC(F)(F)F)c1. The molecular weight excluding hydrogens is 343 g/mol. The molecule has 0 amide bonds. The predicted octanol–water partition coefficient (Wildman–Crippen LogP) is 3.90. The minimum Gasteiger partial charge on any atom is -0.406 e. The average Bonchev–Trinajstić information content (AvgIpc) is 3.10. The van der Waals surface area contributed by atoms with Crippen LogP contribution < -0.4 is 15.8 Å². The molecule has 3 unspecified atom stereocenters. The van der Waals surface area contributed by atoms with Crippen LogP contribution in [0.4, 0.5) is 18.9 Å². The number of rotatable bonds is 4. The first-order valence-corrected chi connectivity index (χ1v) is 8.41. The Kier molecular flexibility index (Phi) is 4.01. The molecule has 0 aliphatic heterocycles. The fourth-order valence-electron chi connectivity index (χ4n) is 3.89. The summed E-state index contributed by atoms with van der Waals surface area (Å²) in [5.74, 6) is 1.57. The molecule has 0 heterocycles. The van der Waals surface area contributed by atoms with Crippen LogP contribution >= 0.6 is 0 Å². The fraction of sp³-hybridized carbons (Fsp3) is 0.316. The van der Waals surface area contributed by atoms with Gasteiger partial charge in [0, 0.05) is 18.3 Å². The second-order valence-electron chi connectivity index (χ2n) is 6.68. The number of guanidine groups is 1. The standard InChI is InChI=1S/C19H18F3N3O/c20-19(21,22)26-13-6-3-5-12(9-13)25-18(23)24-10-16-15-8-11-4-1-2-7-14(11)17(15)16/h1-7,9,15-17H,8,10H2,(H3,23,24,25). The summed E-state index contributed by atoms with van der Waals surface area (Å²) in [7, 11) is 0. The van der Waals surface area contributed by atoms with E-state index in [0.29, 0.717) is 30.0 Å². The minimum atomic E-state index is -4.72. The molecule has 2 aromatic rings. The van der Waals surface area contributed by atoms with Crippen molar-refractivity contribution in [2.24, 2.45) is 22.6 Å². The van der Waals surface area contributed by atoms with Gasteiger partial charge < -0.3 is 15.8 Å². The van der Waals surface area contributed by atoms with E-state index in [-0.39, 0.29) is 11.7 Å². The Bertz CT molecular complexity index is 850. The lowest BCUT2D eigenvalue weighted by Crippen LogP contribution is -2.23. The second-order valence-corrected chi connectivity index (χ2v) is 6.68. The Morgan fingerprint density at radius 2 is 2.00 bits per heavy atom. The number of benzene rings is 2. The van der Waals surface area contributed by atoms with Gasteiger partial charge in [-0.3, -0.25) is 4.99 Å². The summed E-state index contributed by atoms with van der Waals surface area (Å²) in [6.45, 7) is 0.612. The maximum atomic E-state index is 12.3. The first-order valence-electron chi connectivity index (χ1n) is 8.41. The smallest absolute Gasteiger partial charge is 0.406 e. The number of anilines is 1. The third-order valence-electron chi connectivity index (χ3n) is 5.01. The van der Waals surface area contributed by atoms with Crippen LogP contribution in [0.2, 0.25) is 0 Å². The molecule has 3 N–H and O–H groups in total. The van der Waals surface area contributed by atoms with Gasteiger partial charge in [0.2, 0.25) is 0 Å². The Labute approximate surface area is 148 Å². The van der Waals surface area contributed by atoms with Crippen molar-refractivity contribution in [3.05, 3.63) is 59.7 Å². The summed E-state index contributed by atoms with van der Waals surface area (Å²) >= 11 is 0. The zero-order valence-electron chi connectivity index (χ0n) is 13.8. The van der Waals surface area contributed by atoms with Crippen molar-refractivity contribution < 1.29 is 17.9 Å². The molecule has 7 heteroatoms. The summed E-state index contributed by atoms with van der Waals surface area (Å²) in [4.78, 5) is 4.36. The van der Waals surface area contributed by atoms with Gasteiger partial charge in [-0.1, -0.05) is 30.3 Å². The van der Waals surface area contributed by atoms with Gasteiger partial charge in [-0.15, -0.1) is 13.2 Å². The highest BCUT2D eigenvalue weighted by atomic mass is 19.4. The highest BCUT2D eigenvalue weighted by molar-refractivity contribution is 5.92. The van der Waals surface area contributed by atoms with Gasteiger partial charge in [0.15, 0.2) is 5.96 Å². The lowest BCUT2D eigenvalue weighted by molar-refractivity contribution is -0.274. The van der Waals surface area contributed by atoms with Gasteiger partial charge in [-0.2, -0.15) is 0 Å². The number of halogens is 3. The van der Waals surface area contributed by atoms with E-state index in [4.69, 9.17) is 5.73 Å². The van der Waals surface area contributed by atoms with E-state index in [9.17, 15) is 13.2 Å². The Morgan fingerprint density at radius 1 is 1.19 bits per heavy atom. The molecule has 2 aliphatic rings. The van der Waals surface area contributed by atoms with Crippen molar-refractivity contribution in [3.63, 3.8) is 0 Å². The van der Waals surface area contributed by atoms with E-state index in [0.717, 1.165) is 6.42 Å². The molecule has 0 bridgehead atoms. The van der Waals surface area contributed by atoms with Gasteiger partial charge in [-0.25, -0.2) is 0 Å². The van der Waals surface area contributed by atoms with Gasteiger partial charge in [0.1, 0.15) is 5.75 Å². The van der Waals surface area contributed by atoms with E-state index < -0.39 is 6.36 Å². The predicted molar refractivity (Wildman–Crippen MR) is 93.1 cm³/mol. The molecule has 136 valence electrons. The van der Waals surface area contributed by atoms with Crippen LogP contribution in [-0.2, 0) is 6.42 Å². The first-order chi connectivity index (χ1) is 12.4.